The van der Waals surface area contributed by atoms with Crippen molar-refractivity contribution in [2.75, 3.05) is 23.1 Å². The third kappa shape index (κ3) is 4.33. The lowest BCUT2D eigenvalue weighted by molar-refractivity contribution is -0.135. The molecule has 0 radical (unpaired) electrons. The Bertz CT molecular complexity index is 1090. The molecular formula is C19H22N4O4S3. The molecule has 0 spiro atoms. The van der Waals surface area contributed by atoms with Gasteiger partial charge in [-0.25, -0.2) is 13.4 Å². The first kappa shape index (κ1) is 21.1. The van der Waals surface area contributed by atoms with Crippen LogP contribution in [0.2, 0.25) is 0 Å². The Kier molecular flexibility index (Phi) is 5.78. The third-order valence-corrected chi connectivity index (χ3v) is 8.77. The van der Waals surface area contributed by atoms with Crippen LogP contribution in [0, 0.1) is 12.8 Å². The van der Waals surface area contributed by atoms with E-state index in [0.29, 0.717) is 29.6 Å². The molecule has 2 amide bonds. The predicted octanol–water partition coefficient (Wildman–Crippen LogP) is 2.92. The van der Waals surface area contributed by atoms with Gasteiger partial charge < -0.3 is 10.2 Å². The van der Waals surface area contributed by atoms with Crippen LogP contribution < -0.4 is 10.0 Å². The van der Waals surface area contributed by atoms with Crippen LogP contribution in [0.5, 0.6) is 0 Å². The van der Waals surface area contributed by atoms with Crippen molar-refractivity contribution < 1.29 is 18.0 Å². The van der Waals surface area contributed by atoms with E-state index in [4.69, 9.17) is 0 Å². The largest absolute Gasteiger partial charge is 0.341 e. The highest BCUT2D eigenvalue weighted by Crippen LogP contribution is 2.38. The van der Waals surface area contributed by atoms with Crippen LogP contribution >= 0.6 is 23.1 Å². The lowest BCUT2D eigenvalue weighted by Gasteiger charge is -2.33. The molecule has 160 valence electrons. The van der Waals surface area contributed by atoms with Gasteiger partial charge in [0.15, 0.2) is 10.4 Å². The summed E-state index contributed by atoms with van der Waals surface area (Å²) >= 11 is 2.37. The Morgan fingerprint density at radius 3 is 2.70 bits per heavy atom. The summed E-state index contributed by atoms with van der Waals surface area (Å²) in [6, 6.07) is 4.50. The van der Waals surface area contributed by atoms with Crippen molar-refractivity contribution in [2.45, 2.75) is 41.7 Å². The maximum absolute atomic E-state index is 12.8. The SMILES string of the molecule is Cc1csc(NS(=O)(=O)c2ccc3c(c2)NC(=O)[C@H](C(=O)N2CCC(C)CC2)S3)n1. The number of carbonyl (C=O) groups excluding carboxylic acids is 2. The number of anilines is 2. The number of aryl methyl sites for hydroxylation is 1. The number of hydrogen-bond donors (Lipinski definition) is 2. The number of benzene rings is 1. The molecule has 2 aromatic rings. The summed E-state index contributed by atoms with van der Waals surface area (Å²) < 4.78 is 27.8. The van der Waals surface area contributed by atoms with Crippen LogP contribution in [0.4, 0.5) is 10.8 Å². The number of hydrogen-bond acceptors (Lipinski definition) is 7. The van der Waals surface area contributed by atoms with Crippen LogP contribution in [-0.4, -0.2) is 48.5 Å². The monoisotopic (exact) mass is 466 g/mol. The average molecular weight is 467 g/mol. The van der Waals surface area contributed by atoms with E-state index < -0.39 is 21.2 Å². The molecule has 1 saturated heterocycles. The lowest BCUT2D eigenvalue weighted by atomic mass is 9.99. The zero-order valence-corrected chi connectivity index (χ0v) is 19.0. The van der Waals surface area contributed by atoms with E-state index in [1.165, 1.54) is 35.2 Å². The van der Waals surface area contributed by atoms with Gasteiger partial charge >= 0.3 is 0 Å². The molecule has 30 heavy (non-hydrogen) atoms. The highest BCUT2D eigenvalue weighted by molar-refractivity contribution is 8.01. The number of nitrogens with zero attached hydrogens (tertiary/aromatic N) is 2. The fourth-order valence-electron chi connectivity index (χ4n) is 3.39. The molecule has 3 heterocycles. The van der Waals surface area contributed by atoms with Crippen LogP contribution in [0.3, 0.4) is 0 Å². The molecule has 2 aliphatic rings. The predicted molar refractivity (Wildman–Crippen MR) is 117 cm³/mol. The van der Waals surface area contributed by atoms with E-state index in [0.717, 1.165) is 18.5 Å². The third-order valence-electron chi connectivity index (χ3n) is 5.16. The quantitative estimate of drug-likeness (QED) is 0.671. The number of rotatable bonds is 4. The Morgan fingerprint density at radius 2 is 2.03 bits per heavy atom. The molecule has 0 unspecified atom stereocenters. The Labute approximate surface area is 183 Å². The smallest absolute Gasteiger partial charge is 0.263 e. The number of thiazole rings is 1. The van der Waals surface area contributed by atoms with Gasteiger partial charge in [-0.2, -0.15) is 0 Å². The molecule has 11 heteroatoms. The van der Waals surface area contributed by atoms with E-state index in [9.17, 15) is 18.0 Å². The second kappa shape index (κ2) is 8.20. The van der Waals surface area contributed by atoms with Gasteiger partial charge in [0.25, 0.3) is 10.0 Å². The van der Waals surface area contributed by atoms with Crippen molar-refractivity contribution in [3.63, 3.8) is 0 Å². The lowest BCUT2D eigenvalue weighted by Crippen LogP contribution is -2.47. The minimum Gasteiger partial charge on any atom is -0.341 e. The first-order valence-electron chi connectivity index (χ1n) is 9.58. The molecule has 1 aromatic carbocycles. The zero-order chi connectivity index (χ0) is 21.5. The summed E-state index contributed by atoms with van der Waals surface area (Å²) in [7, 11) is -3.84. The van der Waals surface area contributed by atoms with E-state index in [1.54, 1.807) is 23.3 Å². The van der Waals surface area contributed by atoms with Crippen LogP contribution in [-0.2, 0) is 19.6 Å². The first-order chi connectivity index (χ1) is 14.2. The highest BCUT2D eigenvalue weighted by Gasteiger charge is 2.37. The maximum atomic E-state index is 12.8. The molecule has 0 saturated carbocycles. The van der Waals surface area contributed by atoms with Gasteiger partial charge in [0.1, 0.15) is 0 Å². The number of amides is 2. The van der Waals surface area contributed by atoms with Gasteiger partial charge in [-0.15, -0.1) is 23.1 Å². The fourth-order valence-corrected chi connectivity index (χ4v) is 6.41. The summed E-state index contributed by atoms with van der Waals surface area (Å²) in [6.45, 7) is 5.27. The maximum Gasteiger partial charge on any atom is 0.263 e. The van der Waals surface area contributed by atoms with Gasteiger partial charge in [-0.1, -0.05) is 6.92 Å². The van der Waals surface area contributed by atoms with Gasteiger partial charge in [-0.05, 0) is 43.9 Å². The highest BCUT2D eigenvalue weighted by atomic mass is 32.2. The minimum atomic E-state index is -3.84. The minimum absolute atomic E-state index is 0.0183. The van der Waals surface area contributed by atoms with Gasteiger partial charge in [0.2, 0.25) is 11.8 Å². The Balaban J connectivity index is 1.51. The number of carbonyl (C=O) groups is 2. The second-order valence-electron chi connectivity index (χ2n) is 7.55. The van der Waals surface area contributed by atoms with E-state index >= 15 is 0 Å². The number of sulfonamides is 1. The first-order valence-corrected chi connectivity index (χ1v) is 12.8. The van der Waals surface area contributed by atoms with Crippen molar-refractivity contribution in [3.05, 3.63) is 29.3 Å². The molecule has 2 aliphatic heterocycles. The van der Waals surface area contributed by atoms with Crippen molar-refractivity contribution in [3.8, 4) is 0 Å². The summed E-state index contributed by atoms with van der Waals surface area (Å²) in [5, 5.41) is 3.88. The van der Waals surface area contributed by atoms with Crippen molar-refractivity contribution in [1.82, 2.24) is 9.88 Å². The van der Waals surface area contributed by atoms with Crippen molar-refractivity contribution >= 4 is 55.8 Å². The van der Waals surface area contributed by atoms with Gasteiger partial charge in [0, 0.05) is 23.4 Å². The summed E-state index contributed by atoms with van der Waals surface area (Å²) in [5.41, 5.74) is 1.12. The zero-order valence-electron chi connectivity index (χ0n) is 16.5. The van der Waals surface area contributed by atoms with Crippen LogP contribution in [0.25, 0.3) is 0 Å². The number of aromatic nitrogens is 1. The molecule has 1 fully saturated rings. The summed E-state index contributed by atoms with van der Waals surface area (Å²) in [5.74, 6) is -0.0217. The molecule has 1 aromatic heterocycles. The molecule has 2 N–H and O–H groups in total. The molecule has 1 atom stereocenters. The number of fused-ring (bicyclic) bond motifs is 1. The van der Waals surface area contributed by atoms with Crippen LogP contribution in [0.1, 0.15) is 25.5 Å². The van der Waals surface area contributed by atoms with Crippen LogP contribution in [0.15, 0.2) is 33.4 Å². The van der Waals surface area contributed by atoms with Crippen molar-refractivity contribution in [2.24, 2.45) is 5.92 Å². The Morgan fingerprint density at radius 1 is 1.30 bits per heavy atom. The Hall–Kier alpha value is -2.11. The van der Waals surface area contributed by atoms with E-state index in [-0.39, 0.29) is 15.9 Å². The number of nitrogens with one attached hydrogen (secondary N) is 2. The summed E-state index contributed by atoms with van der Waals surface area (Å²) in [4.78, 5) is 32.0. The normalized spacial score (nSPS) is 19.9. The van der Waals surface area contributed by atoms with E-state index in [1.807, 2.05) is 0 Å². The van der Waals surface area contributed by atoms with Gasteiger partial charge in [-0.3, -0.25) is 14.3 Å². The molecule has 8 nitrogen and oxygen atoms in total. The average Bonchev–Trinajstić information content (AvgIpc) is 3.11. The van der Waals surface area contributed by atoms with E-state index in [2.05, 4.69) is 21.9 Å². The number of likely N-dealkylation sites (tertiary alicyclic amines) is 1. The topological polar surface area (TPSA) is 108 Å². The van der Waals surface area contributed by atoms with Crippen molar-refractivity contribution in [1.29, 1.82) is 0 Å². The second-order valence-corrected chi connectivity index (χ2v) is 11.2. The molecule has 4 rings (SSSR count). The molecular weight excluding hydrogens is 444 g/mol. The molecule has 0 bridgehead atoms. The number of piperidine rings is 1. The molecule has 0 aliphatic carbocycles. The standard InChI is InChI=1S/C19H22N4O4S3/c1-11-5-7-23(8-6-11)18(25)16-17(24)21-14-9-13(3-4-15(14)29-16)30(26,27)22-19-20-12(2)10-28-19/h3-4,9-11,16H,5-8H2,1-2H3,(H,20,22)(H,21,24)/t16-/m1/s1. The van der Waals surface area contributed by atoms with Gasteiger partial charge in [0.05, 0.1) is 16.3 Å². The summed E-state index contributed by atoms with van der Waals surface area (Å²) in [6.07, 6.45) is 1.88. The number of thioether (sulfide) groups is 1. The fraction of sp³-hybridized carbons (Fsp3) is 0.421.